The maximum absolute atomic E-state index is 9.59. The molecule has 0 aliphatic heterocycles. The molecule has 0 unspecified atom stereocenters. The monoisotopic (exact) mass is 652 g/mol. The highest BCUT2D eigenvalue weighted by molar-refractivity contribution is 6.22. The van der Waals surface area contributed by atoms with Crippen molar-refractivity contribution in [3.05, 3.63) is 181 Å². The summed E-state index contributed by atoms with van der Waals surface area (Å²) in [5, 5.41) is -0.326. The summed E-state index contributed by atoms with van der Waals surface area (Å²) in [5.74, 6) is 0.457. The van der Waals surface area contributed by atoms with E-state index in [1.807, 2.05) is 59.2 Å². The second kappa shape index (κ2) is 10.9. The van der Waals surface area contributed by atoms with Gasteiger partial charge in [0, 0.05) is 24.9 Å². The molecule has 9 aromatic rings. The van der Waals surface area contributed by atoms with Gasteiger partial charge in [-0.05, 0) is 96.4 Å². The minimum absolute atomic E-state index is 0.0366. The molecule has 0 bridgehead atoms. The first-order chi connectivity index (χ1) is 30.4. The highest BCUT2D eigenvalue weighted by Crippen LogP contribution is 2.51. The standard InChI is InChI=1S/C48H34N2/c1-48(2)41-25-13-12-18-33(41)34-29-28-31(30-42(34)48)45-35-19-6-8-21-37(35)46(38-22-9-7-20-36(38)45)39-23-10-11-24-40(39)47-49-43-26-14-15-27-44(43)50(47)32-16-4-3-5-17-32/h3-30H,1-2H3/i1D3,2D3,6D,7D,8D,9D,19D,20D,21D,22D. The average Bonchev–Trinajstić information content (AvgIpc) is 3.82. The Kier molecular flexibility index (Phi) is 3.91. The van der Waals surface area contributed by atoms with Crippen LogP contribution in [0.2, 0.25) is 0 Å². The van der Waals surface area contributed by atoms with Crippen molar-refractivity contribution in [1.82, 2.24) is 9.55 Å². The fourth-order valence-electron chi connectivity index (χ4n) is 7.56. The third-order valence-corrected chi connectivity index (χ3v) is 9.72. The normalized spacial score (nSPS) is 17.7. The lowest BCUT2D eigenvalue weighted by molar-refractivity contribution is 0.660. The van der Waals surface area contributed by atoms with Crippen LogP contribution in [0.15, 0.2) is 170 Å². The van der Waals surface area contributed by atoms with Crippen LogP contribution in [0, 0.1) is 0 Å². The third-order valence-electron chi connectivity index (χ3n) is 9.72. The first-order valence-corrected chi connectivity index (χ1v) is 16.2. The van der Waals surface area contributed by atoms with E-state index in [2.05, 4.69) is 0 Å². The maximum Gasteiger partial charge on any atom is 0.146 e. The second-order valence-corrected chi connectivity index (χ2v) is 12.4. The molecule has 0 fully saturated rings. The molecule has 0 radical (unpaired) electrons. The van der Waals surface area contributed by atoms with Crippen LogP contribution in [0.5, 0.6) is 0 Å². The molecule has 0 saturated heterocycles. The smallest absolute Gasteiger partial charge is 0.146 e. The number of rotatable bonds is 4. The Bertz CT molecular complexity index is 3370. The van der Waals surface area contributed by atoms with Crippen molar-refractivity contribution < 1.29 is 19.2 Å². The molecular formula is C48H34N2. The van der Waals surface area contributed by atoms with Crippen LogP contribution < -0.4 is 0 Å². The van der Waals surface area contributed by atoms with Crippen molar-refractivity contribution in [2.24, 2.45) is 0 Å². The minimum Gasteiger partial charge on any atom is -0.292 e. The third kappa shape index (κ3) is 4.12. The molecule has 1 aromatic heterocycles. The first kappa shape index (κ1) is 17.9. The molecule has 2 heteroatoms. The lowest BCUT2D eigenvalue weighted by Crippen LogP contribution is -2.14. The van der Waals surface area contributed by atoms with E-state index in [1.54, 1.807) is 54.6 Å². The van der Waals surface area contributed by atoms with E-state index in [1.165, 1.54) is 12.1 Å². The summed E-state index contributed by atoms with van der Waals surface area (Å²) in [6.07, 6.45) is 0. The van der Waals surface area contributed by atoms with Gasteiger partial charge in [-0.15, -0.1) is 0 Å². The Labute approximate surface area is 311 Å². The fraction of sp³-hybridized carbons (Fsp3) is 0.0625. The lowest BCUT2D eigenvalue weighted by Gasteiger charge is -2.23. The molecule has 1 aliphatic carbocycles. The molecule has 50 heavy (non-hydrogen) atoms. The van der Waals surface area contributed by atoms with Crippen LogP contribution in [-0.2, 0) is 5.41 Å². The minimum atomic E-state index is -3.13. The molecule has 236 valence electrons. The molecule has 0 N–H and O–H groups in total. The van der Waals surface area contributed by atoms with Crippen molar-refractivity contribution in [1.29, 1.82) is 0 Å². The summed E-state index contributed by atoms with van der Waals surface area (Å²) < 4.78 is 129. The molecule has 0 spiro atoms. The summed E-state index contributed by atoms with van der Waals surface area (Å²) in [4.78, 5) is 5.09. The summed E-state index contributed by atoms with van der Waals surface area (Å²) >= 11 is 0. The largest absolute Gasteiger partial charge is 0.292 e. The van der Waals surface area contributed by atoms with Gasteiger partial charge in [-0.2, -0.15) is 0 Å². The van der Waals surface area contributed by atoms with E-state index >= 15 is 0 Å². The lowest BCUT2D eigenvalue weighted by atomic mass is 9.80. The predicted octanol–water partition coefficient (Wildman–Crippen LogP) is 12.6. The topological polar surface area (TPSA) is 17.8 Å². The molecular weight excluding hydrogens is 605 g/mol. The summed E-state index contributed by atoms with van der Waals surface area (Å²) in [5.41, 5.74) is 1.46. The SMILES string of the molecule is [2H]c1c([2H])c([2H])c2c(-c3ccccc3-c3nc4ccccc4n3-c3ccccc3)c3c([2H])c([2H])c([2H])c([2H])c3c(-c3ccc4c(c3)C(C([2H])([2H])[2H])(C([2H])([2H])[2H])c3ccccc3-4)c2c1[2H]. The predicted molar refractivity (Wildman–Crippen MR) is 210 cm³/mol. The summed E-state index contributed by atoms with van der Waals surface area (Å²) in [6.45, 7) is -6.25. The Morgan fingerprint density at radius 1 is 0.540 bits per heavy atom. The van der Waals surface area contributed by atoms with Crippen LogP contribution >= 0.6 is 0 Å². The van der Waals surface area contributed by atoms with E-state index in [9.17, 15) is 5.48 Å². The number of nitrogens with zero attached hydrogens (tertiary/aromatic N) is 2. The van der Waals surface area contributed by atoms with Crippen LogP contribution in [-0.4, -0.2) is 9.55 Å². The summed E-state index contributed by atoms with van der Waals surface area (Å²) in [7, 11) is 0. The first-order valence-electron chi connectivity index (χ1n) is 23.2. The number of aromatic nitrogens is 2. The molecule has 1 aliphatic rings. The Morgan fingerprint density at radius 3 is 1.84 bits per heavy atom. The van der Waals surface area contributed by atoms with Crippen LogP contribution in [0.25, 0.3) is 83.0 Å². The van der Waals surface area contributed by atoms with Crippen molar-refractivity contribution in [3.63, 3.8) is 0 Å². The quantitative estimate of drug-likeness (QED) is 0.173. The Hall–Kier alpha value is -6.25. The van der Waals surface area contributed by atoms with Gasteiger partial charge in [0.05, 0.1) is 22.0 Å². The number of fused-ring (bicyclic) bond motifs is 6. The molecule has 0 atom stereocenters. The molecule has 0 amide bonds. The van der Waals surface area contributed by atoms with Gasteiger partial charge in [-0.25, -0.2) is 4.98 Å². The molecule has 2 nitrogen and oxygen atoms in total. The highest BCUT2D eigenvalue weighted by atomic mass is 15.1. The molecule has 8 aromatic carbocycles. The highest BCUT2D eigenvalue weighted by Gasteiger charge is 2.35. The van der Waals surface area contributed by atoms with Crippen molar-refractivity contribution >= 4 is 32.6 Å². The van der Waals surface area contributed by atoms with Gasteiger partial charge in [0.1, 0.15) is 5.82 Å². The van der Waals surface area contributed by atoms with E-state index in [4.69, 9.17) is 18.7 Å². The van der Waals surface area contributed by atoms with Gasteiger partial charge < -0.3 is 0 Å². The van der Waals surface area contributed by atoms with E-state index in [0.717, 1.165) is 11.2 Å². The van der Waals surface area contributed by atoms with Gasteiger partial charge in [-0.3, -0.25) is 4.57 Å². The molecule has 0 saturated carbocycles. The van der Waals surface area contributed by atoms with E-state index in [0.29, 0.717) is 33.6 Å². The maximum atomic E-state index is 9.59. The van der Waals surface area contributed by atoms with Crippen LogP contribution in [0.4, 0.5) is 0 Å². The van der Waals surface area contributed by atoms with E-state index in [-0.39, 0.29) is 49.4 Å². The number of benzene rings is 8. The fourth-order valence-corrected chi connectivity index (χ4v) is 7.56. The van der Waals surface area contributed by atoms with Gasteiger partial charge in [-0.1, -0.05) is 153 Å². The number of hydrogen-bond donors (Lipinski definition) is 0. The van der Waals surface area contributed by atoms with Gasteiger partial charge in [0.15, 0.2) is 0 Å². The molecule has 10 rings (SSSR count). The number of imidazole rings is 1. The Balaban J connectivity index is 1.41. The second-order valence-electron chi connectivity index (χ2n) is 12.4. The van der Waals surface area contributed by atoms with Gasteiger partial charge in [0.25, 0.3) is 0 Å². The van der Waals surface area contributed by atoms with Crippen molar-refractivity contribution in [2.75, 3.05) is 0 Å². The van der Waals surface area contributed by atoms with Crippen molar-refractivity contribution in [3.8, 4) is 50.5 Å². The van der Waals surface area contributed by atoms with Gasteiger partial charge >= 0.3 is 0 Å². The Morgan fingerprint density at radius 2 is 1.12 bits per heavy atom. The van der Waals surface area contributed by atoms with Gasteiger partial charge in [0.2, 0.25) is 0 Å². The zero-order chi connectivity index (χ0) is 45.4. The number of hydrogen-bond acceptors (Lipinski definition) is 1. The van der Waals surface area contributed by atoms with E-state index < -0.39 is 67.5 Å². The van der Waals surface area contributed by atoms with Crippen LogP contribution in [0.1, 0.15) is 44.0 Å². The number of para-hydroxylation sites is 3. The average molecular weight is 653 g/mol. The zero-order valence-corrected chi connectivity index (χ0v) is 26.4. The van der Waals surface area contributed by atoms with Crippen LogP contribution in [0.3, 0.4) is 0 Å². The molecule has 1 heterocycles. The van der Waals surface area contributed by atoms with Crippen molar-refractivity contribution in [2.45, 2.75) is 19.1 Å². The summed E-state index contributed by atoms with van der Waals surface area (Å²) in [6, 6.07) is 30.7. The zero-order valence-electron chi connectivity index (χ0n) is 40.4.